The van der Waals surface area contributed by atoms with Crippen molar-refractivity contribution in [1.82, 2.24) is 9.97 Å². The smallest absolute Gasteiger partial charge is 0.119 e. The molecule has 1 unspecified atom stereocenters. The van der Waals surface area contributed by atoms with Crippen molar-refractivity contribution in [2.24, 2.45) is 5.73 Å². The maximum atomic E-state index is 6.00. The average Bonchev–Trinajstić information content (AvgIpc) is 2.96. The summed E-state index contributed by atoms with van der Waals surface area (Å²) < 4.78 is 5.32. The number of benzene rings is 1. The highest BCUT2D eigenvalue weighted by Gasteiger charge is 2.16. The second-order valence-corrected chi connectivity index (χ2v) is 5.11. The Balaban J connectivity index is 1.96. The van der Waals surface area contributed by atoms with E-state index >= 15 is 0 Å². The van der Waals surface area contributed by atoms with E-state index in [4.69, 9.17) is 10.5 Å². The lowest BCUT2D eigenvalue weighted by atomic mass is 9.93. The van der Waals surface area contributed by atoms with Crippen LogP contribution in [0.5, 0.6) is 5.75 Å². The van der Waals surface area contributed by atoms with E-state index in [0.29, 0.717) is 6.54 Å². The molecule has 2 aromatic heterocycles. The molecule has 1 aromatic carbocycles. The van der Waals surface area contributed by atoms with Gasteiger partial charge in [0.2, 0.25) is 0 Å². The van der Waals surface area contributed by atoms with Crippen LogP contribution in [0.1, 0.15) is 17.2 Å². The molecule has 4 nitrogen and oxygen atoms in total. The number of H-pyrrole nitrogens is 1. The number of methoxy groups -OCH3 is 1. The number of hydrogen-bond acceptors (Lipinski definition) is 3. The van der Waals surface area contributed by atoms with Crippen LogP contribution in [0.25, 0.3) is 10.9 Å². The third kappa shape index (κ3) is 2.76. The van der Waals surface area contributed by atoms with Gasteiger partial charge in [0.05, 0.1) is 7.11 Å². The van der Waals surface area contributed by atoms with Crippen molar-refractivity contribution < 1.29 is 4.74 Å². The minimum Gasteiger partial charge on any atom is -0.497 e. The van der Waals surface area contributed by atoms with Crippen LogP contribution in [0.15, 0.2) is 48.8 Å². The van der Waals surface area contributed by atoms with Crippen LogP contribution in [0.2, 0.25) is 0 Å². The molecule has 0 bridgehead atoms. The Morgan fingerprint density at radius 2 is 2.19 bits per heavy atom. The molecule has 4 heteroatoms. The molecular weight excluding hydrogens is 262 g/mol. The van der Waals surface area contributed by atoms with E-state index in [9.17, 15) is 0 Å². The lowest BCUT2D eigenvalue weighted by molar-refractivity contribution is 0.415. The lowest BCUT2D eigenvalue weighted by Gasteiger charge is -2.14. The second kappa shape index (κ2) is 5.97. The molecule has 2 heterocycles. The van der Waals surface area contributed by atoms with Gasteiger partial charge in [-0.3, -0.25) is 4.98 Å². The number of nitrogens with one attached hydrogen (secondary N) is 1. The topological polar surface area (TPSA) is 63.9 Å². The fourth-order valence-electron chi connectivity index (χ4n) is 2.68. The quantitative estimate of drug-likeness (QED) is 0.756. The van der Waals surface area contributed by atoms with E-state index in [1.54, 1.807) is 7.11 Å². The summed E-state index contributed by atoms with van der Waals surface area (Å²) >= 11 is 0. The molecule has 0 fully saturated rings. The van der Waals surface area contributed by atoms with Gasteiger partial charge < -0.3 is 15.5 Å². The summed E-state index contributed by atoms with van der Waals surface area (Å²) in [6, 6.07) is 12.0. The van der Waals surface area contributed by atoms with E-state index < -0.39 is 0 Å². The van der Waals surface area contributed by atoms with E-state index in [2.05, 4.69) is 16.0 Å². The molecule has 0 spiro atoms. The van der Waals surface area contributed by atoms with Gasteiger partial charge >= 0.3 is 0 Å². The fraction of sp³-hybridized carbons (Fsp3) is 0.235. The van der Waals surface area contributed by atoms with Gasteiger partial charge in [-0.15, -0.1) is 0 Å². The van der Waals surface area contributed by atoms with Crippen LogP contribution >= 0.6 is 0 Å². The van der Waals surface area contributed by atoms with E-state index in [1.165, 1.54) is 10.9 Å². The number of ether oxygens (including phenoxy) is 1. The Morgan fingerprint density at radius 3 is 2.90 bits per heavy atom. The monoisotopic (exact) mass is 281 g/mol. The van der Waals surface area contributed by atoms with Crippen molar-refractivity contribution in [1.29, 1.82) is 0 Å². The van der Waals surface area contributed by atoms with Crippen LogP contribution in [-0.2, 0) is 6.42 Å². The second-order valence-electron chi connectivity index (χ2n) is 5.11. The van der Waals surface area contributed by atoms with E-state index in [-0.39, 0.29) is 5.92 Å². The number of aromatic amines is 1. The molecule has 0 aliphatic heterocycles. The number of pyridine rings is 1. The minimum absolute atomic E-state index is 0.237. The predicted molar refractivity (Wildman–Crippen MR) is 84.6 cm³/mol. The molecular formula is C17H19N3O. The van der Waals surface area contributed by atoms with Gasteiger partial charge in [0.15, 0.2) is 0 Å². The molecule has 3 N–H and O–H groups in total. The summed E-state index contributed by atoms with van der Waals surface area (Å²) in [6.07, 6.45) is 4.70. The third-order valence-electron chi connectivity index (χ3n) is 3.83. The first-order valence-corrected chi connectivity index (χ1v) is 7.07. The normalized spacial score (nSPS) is 12.5. The van der Waals surface area contributed by atoms with Crippen LogP contribution < -0.4 is 10.5 Å². The zero-order chi connectivity index (χ0) is 14.7. The van der Waals surface area contributed by atoms with E-state index in [0.717, 1.165) is 23.4 Å². The SMILES string of the molecule is COc1ccc2[nH]cc(C(CN)Cc3ccccn3)c2c1. The molecule has 0 radical (unpaired) electrons. The van der Waals surface area contributed by atoms with Crippen LogP contribution in [0, 0.1) is 0 Å². The van der Waals surface area contributed by atoms with Crippen molar-refractivity contribution in [3.05, 3.63) is 60.0 Å². The Morgan fingerprint density at radius 1 is 1.29 bits per heavy atom. The highest BCUT2D eigenvalue weighted by atomic mass is 16.5. The van der Waals surface area contributed by atoms with Crippen molar-refractivity contribution in [2.75, 3.05) is 13.7 Å². The first kappa shape index (κ1) is 13.6. The minimum atomic E-state index is 0.237. The van der Waals surface area contributed by atoms with Gasteiger partial charge in [0.1, 0.15) is 5.75 Å². The first-order valence-electron chi connectivity index (χ1n) is 7.07. The number of hydrogen-bond donors (Lipinski definition) is 2. The molecule has 0 aliphatic rings. The standard InChI is InChI=1S/C17H19N3O/c1-21-14-5-6-17-15(9-14)16(11-20-17)12(10-18)8-13-4-2-3-7-19-13/h2-7,9,11-12,20H,8,10,18H2,1H3. The highest BCUT2D eigenvalue weighted by molar-refractivity contribution is 5.85. The Kier molecular flexibility index (Phi) is 3.88. The number of nitrogens with two attached hydrogens (primary N) is 1. The highest BCUT2D eigenvalue weighted by Crippen LogP contribution is 2.30. The van der Waals surface area contributed by atoms with Gasteiger partial charge in [-0.05, 0) is 48.9 Å². The molecule has 3 aromatic rings. The zero-order valence-electron chi connectivity index (χ0n) is 12.0. The fourth-order valence-corrected chi connectivity index (χ4v) is 2.68. The Labute approximate surface area is 124 Å². The summed E-state index contributed by atoms with van der Waals surface area (Å²) in [5.74, 6) is 1.10. The van der Waals surface area contributed by atoms with Gasteiger partial charge in [0.25, 0.3) is 0 Å². The Bertz CT molecular complexity index is 721. The van der Waals surface area contributed by atoms with Gasteiger partial charge in [-0.1, -0.05) is 6.07 Å². The molecule has 0 amide bonds. The number of rotatable bonds is 5. The van der Waals surface area contributed by atoms with E-state index in [1.807, 2.05) is 42.7 Å². The maximum Gasteiger partial charge on any atom is 0.119 e. The summed E-state index contributed by atoms with van der Waals surface area (Å²) in [4.78, 5) is 7.71. The maximum absolute atomic E-state index is 6.00. The Hall–Kier alpha value is -2.33. The molecule has 108 valence electrons. The summed E-state index contributed by atoms with van der Waals surface area (Å²) in [6.45, 7) is 0.584. The zero-order valence-corrected chi connectivity index (χ0v) is 12.0. The number of aromatic nitrogens is 2. The predicted octanol–water partition coefficient (Wildman–Crippen LogP) is 2.86. The van der Waals surface area contributed by atoms with Crippen LogP contribution in [0.4, 0.5) is 0 Å². The molecule has 0 saturated carbocycles. The largest absolute Gasteiger partial charge is 0.497 e. The average molecular weight is 281 g/mol. The van der Waals surface area contributed by atoms with Crippen LogP contribution in [0.3, 0.4) is 0 Å². The van der Waals surface area contributed by atoms with Crippen molar-refractivity contribution in [3.8, 4) is 5.75 Å². The summed E-state index contributed by atoms with van der Waals surface area (Å²) in [5.41, 5.74) is 9.38. The first-order chi connectivity index (χ1) is 10.3. The van der Waals surface area contributed by atoms with Crippen molar-refractivity contribution in [3.63, 3.8) is 0 Å². The molecule has 21 heavy (non-hydrogen) atoms. The number of fused-ring (bicyclic) bond motifs is 1. The van der Waals surface area contributed by atoms with Gasteiger partial charge in [-0.2, -0.15) is 0 Å². The number of nitrogens with zero attached hydrogens (tertiary/aromatic N) is 1. The van der Waals surface area contributed by atoms with Crippen LogP contribution in [-0.4, -0.2) is 23.6 Å². The summed E-state index contributed by atoms with van der Waals surface area (Å²) in [5, 5.41) is 1.17. The molecule has 0 saturated heterocycles. The third-order valence-corrected chi connectivity index (χ3v) is 3.83. The van der Waals surface area contributed by atoms with Crippen molar-refractivity contribution >= 4 is 10.9 Å². The summed E-state index contributed by atoms with van der Waals surface area (Å²) in [7, 11) is 1.68. The van der Waals surface area contributed by atoms with Crippen molar-refractivity contribution in [2.45, 2.75) is 12.3 Å². The van der Waals surface area contributed by atoms with Gasteiger partial charge in [0, 0.05) is 34.9 Å². The molecule has 3 rings (SSSR count). The molecule has 0 aliphatic carbocycles. The lowest BCUT2D eigenvalue weighted by Crippen LogP contribution is -2.15. The molecule has 1 atom stereocenters. The van der Waals surface area contributed by atoms with Gasteiger partial charge in [-0.25, -0.2) is 0 Å².